The number of rotatable bonds is 3. The summed E-state index contributed by atoms with van der Waals surface area (Å²) in [7, 11) is 0. The van der Waals surface area contributed by atoms with Gasteiger partial charge in [0.2, 0.25) is 0 Å². The van der Waals surface area contributed by atoms with E-state index in [1.807, 2.05) is 0 Å². The summed E-state index contributed by atoms with van der Waals surface area (Å²) in [5, 5.41) is 0.855. The molecule has 0 aliphatic carbocycles. The Morgan fingerprint density at radius 1 is 1.56 bits per heavy atom. The van der Waals surface area contributed by atoms with E-state index >= 15 is 0 Å². The molecule has 2 N–H and O–H groups in total. The lowest BCUT2D eigenvalue weighted by molar-refractivity contribution is 0.0528. The smallest absolute Gasteiger partial charge is 0.345 e. The molecule has 0 saturated carbocycles. The highest BCUT2D eigenvalue weighted by Gasteiger charge is 2.25. The standard InChI is InChI=1S/C10H15N3O2S/c1-2-15-10(14)7-8(11)12-16-9(7)13-5-3-4-6-13/h2-6H2,1H3,(H2,11,12). The summed E-state index contributed by atoms with van der Waals surface area (Å²) in [6.45, 7) is 4.07. The van der Waals surface area contributed by atoms with Gasteiger partial charge >= 0.3 is 5.97 Å². The maximum Gasteiger partial charge on any atom is 0.345 e. The highest BCUT2D eigenvalue weighted by Crippen LogP contribution is 2.33. The van der Waals surface area contributed by atoms with Crippen LogP contribution in [0, 0.1) is 0 Å². The minimum absolute atomic E-state index is 0.283. The number of nitrogens with two attached hydrogens (primary N) is 1. The summed E-state index contributed by atoms with van der Waals surface area (Å²) in [6, 6.07) is 0. The van der Waals surface area contributed by atoms with Crippen molar-refractivity contribution in [2.45, 2.75) is 19.8 Å². The number of hydrogen-bond donors (Lipinski definition) is 1. The Morgan fingerprint density at radius 3 is 2.88 bits per heavy atom. The van der Waals surface area contributed by atoms with Gasteiger partial charge in [-0.15, -0.1) is 0 Å². The van der Waals surface area contributed by atoms with Crippen molar-refractivity contribution in [2.75, 3.05) is 30.3 Å². The van der Waals surface area contributed by atoms with Gasteiger partial charge in [-0.25, -0.2) is 4.79 Å². The van der Waals surface area contributed by atoms with Gasteiger partial charge in [0, 0.05) is 13.1 Å². The van der Waals surface area contributed by atoms with Crippen molar-refractivity contribution < 1.29 is 9.53 Å². The number of nitrogen functional groups attached to an aromatic ring is 1. The van der Waals surface area contributed by atoms with Gasteiger partial charge in [-0.2, -0.15) is 4.37 Å². The maximum atomic E-state index is 11.7. The zero-order chi connectivity index (χ0) is 11.5. The fraction of sp³-hybridized carbons (Fsp3) is 0.600. The fourth-order valence-electron chi connectivity index (χ4n) is 1.82. The van der Waals surface area contributed by atoms with Gasteiger partial charge in [0.15, 0.2) is 5.82 Å². The van der Waals surface area contributed by atoms with Gasteiger partial charge in [-0.3, -0.25) is 0 Å². The number of carbonyl (C=O) groups is 1. The Morgan fingerprint density at radius 2 is 2.25 bits per heavy atom. The Labute approximate surface area is 98.4 Å². The molecule has 0 unspecified atom stereocenters. The molecule has 16 heavy (non-hydrogen) atoms. The van der Waals surface area contributed by atoms with Crippen molar-refractivity contribution in [3.05, 3.63) is 5.56 Å². The molecule has 0 amide bonds. The minimum Gasteiger partial charge on any atom is -0.462 e. The first-order valence-corrected chi connectivity index (χ1v) is 6.18. The quantitative estimate of drug-likeness (QED) is 0.812. The number of hydrogen-bond acceptors (Lipinski definition) is 6. The van der Waals surface area contributed by atoms with Crippen LogP contribution in [0.4, 0.5) is 10.8 Å². The van der Waals surface area contributed by atoms with Gasteiger partial charge < -0.3 is 15.4 Å². The summed E-state index contributed by atoms with van der Waals surface area (Å²) in [6.07, 6.45) is 2.31. The maximum absolute atomic E-state index is 11.7. The van der Waals surface area contributed by atoms with Crippen molar-refractivity contribution in [3.8, 4) is 0 Å². The van der Waals surface area contributed by atoms with E-state index in [4.69, 9.17) is 10.5 Å². The second-order valence-electron chi connectivity index (χ2n) is 3.66. The first-order valence-electron chi connectivity index (χ1n) is 5.41. The highest BCUT2D eigenvalue weighted by atomic mass is 32.1. The van der Waals surface area contributed by atoms with Crippen LogP contribution in [0.15, 0.2) is 0 Å². The Balaban J connectivity index is 2.27. The van der Waals surface area contributed by atoms with E-state index in [1.54, 1.807) is 6.92 Å². The molecule has 5 nitrogen and oxygen atoms in total. The Hall–Kier alpha value is -1.30. The molecule has 1 aromatic rings. The van der Waals surface area contributed by atoms with Crippen molar-refractivity contribution >= 4 is 28.3 Å². The molecule has 1 saturated heterocycles. The number of nitrogens with zero attached hydrogens (tertiary/aromatic N) is 2. The van der Waals surface area contributed by atoms with Gasteiger partial charge in [-0.1, -0.05) is 0 Å². The topological polar surface area (TPSA) is 68.5 Å². The van der Waals surface area contributed by atoms with E-state index in [0.717, 1.165) is 30.9 Å². The number of anilines is 2. The summed E-state index contributed by atoms with van der Waals surface area (Å²) in [5.41, 5.74) is 6.15. The lowest BCUT2D eigenvalue weighted by Gasteiger charge is -2.15. The molecular weight excluding hydrogens is 226 g/mol. The van der Waals surface area contributed by atoms with E-state index in [9.17, 15) is 4.79 Å². The lowest BCUT2D eigenvalue weighted by atomic mass is 10.3. The van der Waals surface area contributed by atoms with Crippen LogP contribution < -0.4 is 10.6 Å². The molecule has 1 aliphatic heterocycles. The Kier molecular flexibility index (Phi) is 3.28. The van der Waals surface area contributed by atoms with Crippen LogP contribution in [0.1, 0.15) is 30.1 Å². The average Bonchev–Trinajstić information content (AvgIpc) is 2.86. The largest absolute Gasteiger partial charge is 0.462 e. The van der Waals surface area contributed by atoms with Gasteiger partial charge in [0.1, 0.15) is 10.6 Å². The van der Waals surface area contributed by atoms with E-state index in [-0.39, 0.29) is 11.8 Å². The van der Waals surface area contributed by atoms with Crippen LogP contribution in [0.3, 0.4) is 0 Å². The molecule has 1 aliphatic rings. The van der Waals surface area contributed by atoms with Crippen LogP contribution >= 0.6 is 11.5 Å². The molecule has 2 rings (SSSR count). The molecule has 1 fully saturated rings. The van der Waals surface area contributed by atoms with Crippen LogP contribution in [0.5, 0.6) is 0 Å². The van der Waals surface area contributed by atoms with E-state index < -0.39 is 0 Å². The third-order valence-corrected chi connectivity index (χ3v) is 3.50. The molecule has 88 valence electrons. The van der Waals surface area contributed by atoms with E-state index in [0.29, 0.717) is 12.2 Å². The predicted molar refractivity (Wildman–Crippen MR) is 63.9 cm³/mol. The molecule has 2 heterocycles. The molecule has 0 bridgehead atoms. The summed E-state index contributed by atoms with van der Waals surface area (Å²) in [5.74, 6) is -0.0824. The molecule has 0 atom stereocenters. The number of aromatic nitrogens is 1. The lowest BCUT2D eigenvalue weighted by Crippen LogP contribution is -2.20. The number of esters is 1. The molecular formula is C10H15N3O2S. The summed E-state index contributed by atoms with van der Waals surface area (Å²) < 4.78 is 9.03. The van der Waals surface area contributed by atoms with Crippen LogP contribution in [-0.4, -0.2) is 30.0 Å². The molecule has 0 radical (unpaired) electrons. The monoisotopic (exact) mass is 241 g/mol. The average molecular weight is 241 g/mol. The van der Waals surface area contributed by atoms with Crippen molar-refractivity contribution in [3.63, 3.8) is 0 Å². The predicted octanol–water partition coefficient (Wildman–Crippen LogP) is 1.50. The zero-order valence-corrected chi connectivity index (χ0v) is 10.0. The highest BCUT2D eigenvalue weighted by molar-refractivity contribution is 7.11. The minimum atomic E-state index is -0.365. The fourth-order valence-corrected chi connectivity index (χ4v) is 2.68. The first kappa shape index (κ1) is 11.2. The normalized spacial score (nSPS) is 15.4. The number of carbonyl (C=O) groups excluding carboxylic acids is 1. The summed E-state index contributed by atoms with van der Waals surface area (Å²) in [4.78, 5) is 13.9. The van der Waals surface area contributed by atoms with Crippen LogP contribution in [0.2, 0.25) is 0 Å². The SMILES string of the molecule is CCOC(=O)c1c(N)nsc1N1CCCC1. The van der Waals surface area contributed by atoms with Crippen molar-refractivity contribution in [1.29, 1.82) is 0 Å². The molecule has 6 heteroatoms. The molecule has 0 aromatic carbocycles. The molecule has 0 spiro atoms. The Bertz CT molecular complexity index is 385. The second kappa shape index (κ2) is 4.69. The third-order valence-electron chi connectivity index (χ3n) is 2.57. The van der Waals surface area contributed by atoms with Crippen LogP contribution in [0.25, 0.3) is 0 Å². The number of ether oxygens (including phenoxy) is 1. The van der Waals surface area contributed by atoms with Gasteiger partial charge in [-0.05, 0) is 31.3 Å². The van der Waals surface area contributed by atoms with Crippen molar-refractivity contribution in [1.82, 2.24) is 4.37 Å². The van der Waals surface area contributed by atoms with Crippen molar-refractivity contribution in [2.24, 2.45) is 0 Å². The zero-order valence-electron chi connectivity index (χ0n) is 9.23. The first-order chi connectivity index (χ1) is 7.74. The summed E-state index contributed by atoms with van der Waals surface area (Å²) >= 11 is 1.28. The third kappa shape index (κ3) is 1.97. The van der Waals surface area contributed by atoms with E-state index in [1.165, 1.54) is 11.5 Å². The van der Waals surface area contributed by atoms with E-state index in [2.05, 4.69) is 9.27 Å². The second-order valence-corrected chi connectivity index (χ2v) is 4.41. The van der Waals surface area contributed by atoms with Gasteiger partial charge in [0.25, 0.3) is 0 Å². The molecule has 1 aromatic heterocycles. The van der Waals surface area contributed by atoms with Gasteiger partial charge in [0.05, 0.1) is 6.61 Å². The van der Waals surface area contributed by atoms with Crippen LogP contribution in [-0.2, 0) is 4.74 Å².